The Labute approximate surface area is 105 Å². The number of esters is 1. The molecule has 0 bridgehead atoms. The zero-order valence-electron chi connectivity index (χ0n) is 10.2. The number of rotatable bonds is 4. The molecule has 0 aliphatic rings. The topological polar surface area (TPSA) is 70.1 Å². The summed E-state index contributed by atoms with van der Waals surface area (Å²) in [6, 6.07) is 7.50. The molecule has 5 nitrogen and oxygen atoms in total. The molecule has 0 saturated carbocycles. The summed E-state index contributed by atoms with van der Waals surface area (Å²) in [4.78, 5) is 15.4. The predicted molar refractivity (Wildman–Crippen MR) is 68.7 cm³/mol. The molecule has 5 heteroatoms. The maximum absolute atomic E-state index is 11.1. The Morgan fingerprint density at radius 1 is 1.50 bits per heavy atom. The fourth-order valence-corrected chi connectivity index (χ4v) is 1.74. The summed E-state index contributed by atoms with van der Waals surface area (Å²) in [6.07, 6.45) is 3.86. The maximum Gasteiger partial charge on any atom is 0.307 e. The van der Waals surface area contributed by atoms with E-state index in [1.807, 2.05) is 35.0 Å². The van der Waals surface area contributed by atoms with Crippen LogP contribution >= 0.6 is 0 Å². The van der Waals surface area contributed by atoms with Crippen molar-refractivity contribution >= 4 is 11.7 Å². The molecule has 2 rings (SSSR count). The number of hydrogen-bond acceptors (Lipinski definition) is 4. The second-order valence-electron chi connectivity index (χ2n) is 3.90. The average Bonchev–Trinajstić information content (AvgIpc) is 2.84. The third kappa shape index (κ3) is 2.68. The molecule has 0 unspecified atom stereocenters. The van der Waals surface area contributed by atoms with E-state index in [2.05, 4.69) is 9.72 Å². The fourth-order valence-electron chi connectivity index (χ4n) is 1.74. The highest BCUT2D eigenvalue weighted by molar-refractivity contribution is 5.69. The molecular formula is C13H15N3O2. The molecule has 0 spiro atoms. The van der Waals surface area contributed by atoms with Gasteiger partial charge < -0.3 is 15.0 Å². The molecule has 1 heterocycles. The van der Waals surface area contributed by atoms with Crippen molar-refractivity contribution < 1.29 is 9.53 Å². The van der Waals surface area contributed by atoms with E-state index in [4.69, 9.17) is 5.73 Å². The van der Waals surface area contributed by atoms with Gasteiger partial charge in [0.15, 0.2) is 0 Å². The van der Waals surface area contributed by atoms with E-state index >= 15 is 0 Å². The van der Waals surface area contributed by atoms with E-state index in [9.17, 15) is 4.79 Å². The molecule has 0 aliphatic heterocycles. The number of hydrogen-bond donors (Lipinski definition) is 1. The van der Waals surface area contributed by atoms with Crippen LogP contribution in [0.3, 0.4) is 0 Å². The highest BCUT2D eigenvalue weighted by Crippen LogP contribution is 2.20. The van der Waals surface area contributed by atoms with Crippen LogP contribution in [0, 0.1) is 0 Å². The summed E-state index contributed by atoms with van der Waals surface area (Å²) in [5.41, 5.74) is 7.37. The zero-order valence-corrected chi connectivity index (χ0v) is 10.2. The van der Waals surface area contributed by atoms with Crippen molar-refractivity contribution in [1.29, 1.82) is 0 Å². The van der Waals surface area contributed by atoms with Crippen LogP contribution in [0.5, 0.6) is 0 Å². The Kier molecular flexibility index (Phi) is 3.62. The van der Waals surface area contributed by atoms with Crippen molar-refractivity contribution in [3.05, 3.63) is 36.7 Å². The minimum atomic E-state index is -0.234. The first kappa shape index (κ1) is 12.2. The molecule has 0 fully saturated rings. The lowest BCUT2D eigenvalue weighted by atomic mass is 10.2. The number of methoxy groups -OCH3 is 1. The second-order valence-corrected chi connectivity index (χ2v) is 3.90. The van der Waals surface area contributed by atoms with E-state index in [1.165, 1.54) is 7.11 Å². The van der Waals surface area contributed by atoms with Crippen LogP contribution < -0.4 is 5.73 Å². The number of aromatic nitrogens is 2. The van der Waals surface area contributed by atoms with Crippen molar-refractivity contribution in [2.45, 2.75) is 13.0 Å². The van der Waals surface area contributed by atoms with Gasteiger partial charge in [-0.25, -0.2) is 4.98 Å². The summed E-state index contributed by atoms with van der Waals surface area (Å²) in [5, 5.41) is 0. The molecule has 1 aromatic carbocycles. The zero-order chi connectivity index (χ0) is 13.0. The SMILES string of the molecule is COC(=O)CCn1ccnc1-c1cccc(N)c1. The summed E-state index contributed by atoms with van der Waals surface area (Å²) in [6.45, 7) is 0.538. The van der Waals surface area contributed by atoms with Crippen molar-refractivity contribution in [3.63, 3.8) is 0 Å². The number of anilines is 1. The van der Waals surface area contributed by atoms with Crippen LogP contribution in [0.2, 0.25) is 0 Å². The third-order valence-electron chi connectivity index (χ3n) is 2.64. The van der Waals surface area contributed by atoms with Crippen LogP contribution in [0.4, 0.5) is 5.69 Å². The summed E-state index contributed by atoms with van der Waals surface area (Å²) < 4.78 is 6.53. The van der Waals surface area contributed by atoms with Gasteiger partial charge in [-0.05, 0) is 12.1 Å². The first-order chi connectivity index (χ1) is 8.70. The number of aryl methyl sites for hydroxylation is 1. The van der Waals surface area contributed by atoms with Gasteiger partial charge in [0.25, 0.3) is 0 Å². The molecule has 2 N–H and O–H groups in total. The van der Waals surface area contributed by atoms with Crippen molar-refractivity contribution in [2.75, 3.05) is 12.8 Å². The number of nitrogens with zero attached hydrogens (tertiary/aromatic N) is 2. The van der Waals surface area contributed by atoms with Gasteiger partial charge in [0.1, 0.15) is 5.82 Å². The quantitative estimate of drug-likeness (QED) is 0.657. The minimum absolute atomic E-state index is 0.234. The highest BCUT2D eigenvalue weighted by atomic mass is 16.5. The first-order valence-electron chi connectivity index (χ1n) is 5.64. The molecular weight excluding hydrogens is 230 g/mol. The van der Waals surface area contributed by atoms with E-state index in [0.717, 1.165) is 11.4 Å². The molecule has 0 radical (unpaired) electrons. The molecule has 94 valence electrons. The molecule has 0 saturated heterocycles. The summed E-state index contributed by atoms with van der Waals surface area (Å²) in [7, 11) is 1.38. The van der Waals surface area contributed by atoms with Gasteiger partial charge in [-0.3, -0.25) is 4.79 Å². The predicted octanol–water partition coefficient (Wildman–Crippen LogP) is 1.70. The van der Waals surface area contributed by atoms with Gasteiger partial charge in [0.2, 0.25) is 0 Å². The number of imidazole rings is 1. The van der Waals surface area contributed by atoms with Crippen LogP contribution in [-0.2, 0) is 16.1 Å². The van der Waals surface area contributed by atoms with Crippen molar-refractivity contribution in [3.8, 4) is 11.4 Å². The minimum Gasteiger partial charge on any atom is -0.469 e. The Morgan fingerprint density at radius 2 is 2.33 bits per heavy atom. The lowest BCUT2D eigenvalue weighted by molar-refractivity contribution is -0.140. The van der Waals surface area contributed by atoms with Gasteiger partial charge in [0.05, 0.1) is 13.5 Å². The molecule has 18 heavy (non-hydrogen) atoms. The smallest absolute Gasteiger partial charge is 0.307 e. The second kappa shape index (κ2) is 5.35. The average molecular weight is 245 g/mol. The van der Waals surface area contributed by atoms with Crippen LogP contribution in [0.25, 0.3) is 11.4 Å². The van der Waals surface area contributed by atoms with Crippen molar-refractivity contribution in [1.82, 2.24) is 9.55 Å². The van der Waals surface area contributed by atoms with Gasteiger partial charge in [0, 0.05) is 30.2 Å². The number of nitrogen functional groups attached to an aromatic ring is 1. The van der Waals surface area contributed by atoms with E-state index in [0.29, 0.717) is 18.7 Å². The monoisotopic (exact) mass is 245 g/mol. The lowest BCUT2D eigenvalue weighted by Crippen LogP contribution is -2.07. The lowest BCUT2D eigenvalue weighted by Gasteiger charge is -2.07. The summed E-state index contributed by atoms with van der Waals surface area (Å²) in [5.74, 6) is 0.563. The van der Waals surface area contributed by atoms with Crippen molar-refractivity contribution in [2.24, 2.45) is 0 Å². The van der Waals surface area contributed by atoms with Gasteiger partial charge >= 0.3 is 5.97 Å². The number of carbonyl (C=O) groups excluding carboxylic acids is 1. The van der Waals surface area contributed by atoms with E-state index in [1.54, 1.807) is 6.20 Å². The Hall–Kier alpha value is -2.30. The highest BCUT2D eigenvalue weighted by Gasteiger charge is 2.08. The largest absolute Gasteiger partial charge is 0.469 e. The number of benzene rings is 1. The van der Waals surface area contributed by atoms with Gasteiger partial charge in [-0.2, -0.15) is 0 Å². The van der Waals surface area contributed by atoms with Crippen LogP contribution in [-0.4, -0.2) is 22.6 Å². The number of ether oxygens (including phenoxy) is 1. The van der Waals surface area contributed by atoms with Gasteiger partial charge in [-0.15, -0.1) is 0 Å². The molecule has 1 aromatic heterocycles. The molecule has 0 amide bonds. The molecule has 0 aliphatic carbocycles. The Balaban J connectivity index is 2.20. The van der Waals surface area contributed by atoms with E-state index < -0.39 is 0 Å². The fraction of sp³-hybridized carbons (Fsp3) is 0.231. The number of nitrogens with two attached hydrogens (primary N) is 1. The standard InChI is InChI=1S/C13H15N3O2/c1-18-12(17)5-7-16-8-6-15-13(16)10-3-2-4-11(14)9-10/h2-4,6,8-9H,5,7,14H2,1H3. The molecule has 2 aromatic rings. The van der Waals surface area contributed by atoms with E-state index in [-0.39, 0.29) is 5.97 Å². The number of carbonyl (C=O) groups is 1. The maximum atomic E-state index is 11.1. The van der Waals surface area contributed by atoms with Crippen LogP contribution in [0.1, 0.15) is 6.42 Å². The molecule has 0 atom stereocenters. The van der Waals surface area contributed by atoms with Gasteiger partial charge in [-0.1, -0.05) is 12.1 Å². The third-order valence-corrected chi connectivity index (χ3v) is 2.64. The first-order valence-corrected chi connectivity index (χ1v) is 5.64. The van der Waals surface area contributed by atoms with Crippen LogP contribution in [0.15, 0.2) is 36.7 Å². The normalized spacial score (nSPS) is 10.3. The summed E-state index contributed by atoms with van der Waals surface area (Å²) >= 11 is 0. The Bertz CT molecular complexity index is 549. The Morgan fingerprint density at radius 3 is 3.06 bits per heavy atom.